The largest absolute Gasteiger partial charge is 0.485 e. The van der Waals surface area contributed by atoms with Crippen LogP contribution < -0.4 is 19.4 Å². The van der Waals surface area contributed by atoms with Crippen LogP contribution in [0.15, 0.2) is 54.1 Å². The molecule has 1 fully saturated rings. The molecule has 1 aromatic heterocycles. The third-order valence-electron chi connectivity index (χ3n) is 11.9. The van der Waals surface area contributed by atoms with Crippen LogP contribution in [-0.2, 0) is 28.5 Å². The fourth-order valence-corrected chi connectivity index (χ4v) is 9.55. The zero-order valence-corrected chi connectivity index (χ0v) is 29.3. The van der Waals surface area contributed by atoms with Crippen LogP contribution in [0.25, 0.3) is 17.1 Å². The van der Waals surface area contributed by atoms with E-state index in [2.05, 4.69) is 78.1 Å². The van der Waals surface area contributed by atoms with Crippen molar-refractivity contribution in [2.75, 3.05) is 29.4 Å². The third kappa shape index (κ3) is 4.96. The van der Waals surface area contributed by atoms with Crippen LogP contribution in [-0.4, -0.2) is 52.9 Å². The first-order chi connectivity index (χ1) is 23.7. The summed E-state index contributed by atoms with van der Waals surface area (Å²) in [5.74, 6) is 0.867. The molecule has 8 heteroatoms. The number of rotatable bonds is 6. The molecule has 0 radical (unpaired) electrons. The van der Waals surface area contributed by atoms with E-state index in [-0.39, 0.29) is 28.9 Å². The molecule has 0 N–H and O–H groups in total. The lowest BCUT2D eigenvalue weighted by molar-refractivity contribution is -0.145. The maximum absolute atomic E-state index is 12.9. The minimum absolute atomic E-state index is 0.0530. The van der Waals surface area contributed by atoms with Crippen LogP contribution in [0, 0.1) is 0 Å². The van der Waals surface area contributed by atoms with E-state index in [1.165, 1.54) is 75.5 Å². The van der Waals surface area contributed by atoms with Crippen molar-refractivity contribution < 1.29 is 14.4 Å². The Balaban J connectivity index is 1.03. The van der Waals surface area contributed by atoms with E-state index in [1.54, 1.807) is 0 Å². The number of piperidine rings is 1. The van der Waals surface area contributed by atoms with Crippen molar-refractivity contribution in [2.24, 2.45) is 0 Å². The van der Waals surface area contributed by atoms with E-state index < -0.39 is 0 Å². The van der Waals surface area contributed by atoms with Crippen molar-refractivity contribution in [1.82, 2.24) is 15.2 Å². The Morgan fingerprint density at radius 2 is 1.88 bits per heavy atom. The predicted octanol–water partition coefficient (Wildman–Crippen LogP) is 7.34. The number of ether oxygens (including phenoxy) is 1. The van der Waals surface area contributed by atoms with E-state index in [4.69, 9.17) is 9.57 Å². The Labute approximate surface area is 289 Å². The molecule has 0 amide bonds. The van der Waals surface area contributed by atoms with Gasteiger partial charge in [-0.3, -0.25) is 0 Å². The average molecular weight is 658 g/mol. The van der Waals surface area contributed by atoms with Gasteiger partial charge in [-0.2, -0.15) is 0 Å². The second kappa shape index (κ2) is 11.4. The molecule has 0 aliphatic carbocycles. The first-order valence-corrected chi connectivity index (χ1v) is 18.4. The fourth-order valence-electron chi connectivity index (χ4n) is 9.55. The summed E-state index contributed by atoms with van der Waals surface area (Å²) in [6.45, 7) is 12.7. The van der Waals surface area contributed by atoms with Crippen molar-refractivity contribution in [3.8, 4) is 5.75 Å². The van der Waals surface area contributed by atoms with Gasteiger partial charge in [0.25, 0.3) is 0 Å². The summed E-state index contributed by atoms with van der Waals surface area (Å²) in [5.41, 5.74) is 12.6. The Morgan fingerprint density at radius 3 is 2.73 bits per heavy atom. The topological polar surface area (TPSA) is 72.7 Å². The van der Waals surface area contributed by atoms with Gasteiger partial charge in [0.2, 0.25) is 0 Å². The summed E-state index contributed by atoms with van der Waals surface area (Å²) < 4.78 is 7.13. The van der Waals surface area contributed by atoms with Crippen LogP contribution in [0.5, 0.6) is 5.75 Å². The van der Waals surface area contributed by atoms with E-state index in [0.717, 1.165) is 50.8 Å². The summed E-state index contributed by atoms with van der Waals surface area (Å²) >= 11 is 0. The number of para-hydroxylation sites is 1. The molecular weight excluding hydrogens is 610 g/mol. The number of fused-ring (bicyclic) bond motifs is 8. The SMILES string of the molecule is CC(C)(C)c1ccc2c(c1)C(C)(CCCCC(=O)On1nnc3ccccc31)C1C3=Cc4cc5c6c(c4OC3CCN21)CCCN6CCC5. The summed E-state index contributed by atoms with van der Waals surface area (Å²) in [7, 11) is 0. The second-order valence-corrected chi connectivity index (χ2v) is 16.1. The highest BCUT2D eigenvalue weighted by atomic mass is 16.7. The van der Waals surface area contributed by atoms with Crippen molar-refractivity contribution in [2.45, 2.75) is 108 Å². The second-order valence-electron chi connectivity index (χ2n) is 16.1. The number of aryl methyl sites for hydroxylation is 1. The molecule has 3 atom stereocenters. The smallest absolute Gasteiger partial charge is 0.335 e. The number of unbranched alkanes of at least 4 members (excludes halogenated alkanes) is 1. The first-order valence-electron chi connectivity index (χ1n) is 18.4. The molecule has 49 heavy (non-hydrogen) atoms. The number of carbonyl (C=O) groups excluding carboxylic acids is 1. The van der Waals surface area contributed by atoms with Gasteiger partial charge in [0.15, 0.2) is 0 Å². The number of hydrogen-bond donors (Lipinski definition) is 0. The molecule has 4 aromatic rings. The molecule has 0 saturated carbocycles. The number of anilines is 2. The molecule has 8 nitrogen and oxygen atoms in total. The molecule has 9 rings (SSSR count). The lowest BCUT2D eigenvalue weighted by atomic mass is 9.68. The van der Waals surface area contributed by atoms with Gasteiger partial charge in [0, 0.05) is 60.4 Å². The molecular formula is C41H47N5O3. The maximum atomic E-state index is 12.9. The summed E-state index contributed by atoms with van der Waals surface area (Å²) in [6.07, 6.45) is 11.3. The Hall–Kier alpha value is -4.33. The van der Waals surface area contributed by atoms with Gasteiger partial charge >= 0.3 is 5.97 Å². The Morgan fingerprint density at radius 1 is 1.04 bits per heavy atom. The standard InChI is InChI=1S/C41H47N5O3/c1-40(2,3)28-16-17-33-31(25-28)41(4,19-8-7-15-36(47)49-46-34-14-6-5-13-32(34)42-43-46)39-30-24-27-23-26-11-9-20-44-21-10-12-29(37(26)44)38(27)48-35(30)18-22-45(33)39/h5-6,13-14,16-17,23-25,35,39H,7-12,15,18-22H2,1-4H3. The van der Waals surface area contributed by atoms with Gasteiger partial charge in [0.1, 0.15) is 22.9 Å². The van der Waals surface area contributed by atoms with Crippen LogP contribution in [0.4, 0.5) is 11.4 Å². The van der Waals surface area contributed by atoms with Crippen molar-refractivity contribution >= 4 is 34.5 Å². The molecule has 254 valence electrons. The van der Waals surface area contributed by atoms with E-state index >= 15 is 0 Å². The van der Waals surface area contributed by atoms with Gasteiger partial charge in [-0.15, -0.1) is 5.10 Å². The Kier molecular flexibility index (Phi) is 7.12. The Bertz CT molecular complexity index is 2000. The van der Waals surface area contributed by atoms with Crippen molar-refractivity contribution in [3.63, 3.8) is 0 Å². The maximum Gasteiger partial charge on any atom is 0.335 e. The highest BCUT2D eigenvalue weighted by molar-refractivity contribution is 5.79. The molecule has 0 bridgehead atoms. The normalized spacial score (nSPS) is 23.6. The van der Waals surface area contributed by atoms with Crippen LogP contribution in [0.3, 0.4) is 0 Å². The molecule has 3 unspecified atom stereocenters. The third-order valence-corrected chi connectivity index (χ3v) is 11.9. The molecule has 5 aliphatic heterocycles. The summed E-state index contributed by atoms with van der Waals surface area (Å²) in [5, 5.41) is 8.14. The molecule has 0 spiro atoms. The van der Waals surface area contributed by atoms with Gasteiger partial charge in [-0.1, -0.05) is 63.2 Å². The van der Waals surface area contributed by atoms with E-state index in [1.807, 2.05) is 24.3 Å². The van der Waals surface area contributed by atoms with Gasteiger partial charge in [-0.25, -0.2) is 4.79 Å². The summed E-state index contributed by atoms with van der Waals surface area (Å²) in [4.78, 5) is 25.1. The average Bonchev–Trinajstić information content (AvgIpc) is 3.62. The number of benzene rings is 3. The number of nitrogens with zero attached hydrogens (tertiary/aromatic N) is 5. The van der Waals surface area contributed by atoms with Crippen LogP contribution >= 0.6 is 0 Å². The van der Waals surface area contributed by atoms with Crippen LogP contribution in [0.1, 0.15) is 100 Å². The van der Waals surface area contributed by atoms with Gasteiger partial charge in [0.05, 0.1) is 6.04 Å². The zero-order chi connectivity index (χ0) is 33.5. The van der Waals surface area contributed by atoms with Crippen molar-refractivity contribution in [3.05, 3.63) is 81.9 Å². The number of aromatic nitrogens is 3. The minimum atomic E-state index is -0.284. The minimum Gasteiger partial charge on any atom is -0.485 e. The monoisotopic (exact) mass is 657 g/mol. The van der Waals surface area contributed by atoms with Gasteiger partial charge in [-0.05, 0) is 102 Å². The van der Waals surface area contributed by atoms with Crippen molar-refractivity contribution in [1.29, 1.82) is 0 Å². The van der Waals surface area contributed by atoms with E-state index in [9.17, 15) is 4.79 Å². The quantitative estimate of drug-likeness (QED) is 0.159. The zero-order valence-electron chi connectivity index (χ0n) is 29.3. The fraction of sp³-hybridized carbons (Fsp3) is 0.488. The highest BCUT2D eigenvalue weighted by Crippen LogP contribution is 2.56. The predicted molar refractivity (Wildman–Crippen MR) is 194 cm³/mol. The lowest BCUT2D eigenvalue weighted by Crippen LogP contribution is -2.53. The molecule has 3 aromatic carbocycles. The first kappa shape index (κ1) is 30.7. The molecule has 1 saturated heterocycles. The number of hydrogen-bond acceptors (Lipinski definition) is 7. The van der Waals surface area contributed by atoms with E-state index in [0.29, 0.717) is 17.5 Å². The molecule has 6 heterocycles. The van der Waals surface area contributed by atoms with Crippen LogP contribution in [0.2, 0.25) is 0 Å². The lowest BCUT2D eigenvalue weighted by Gasteiger charge is -2.47. The molecule has 5 aliphatic rings. The summed E-state index contributed by atoms with van der Waals surface area (Å²) in [6, 6.07) is 17.4. The highest BCUT2D eigenvalue weighted by Gasteiger charge is 2.53. The van der Waals surface area contributed by atoms with Gasteiger partial charge < -0.3 is 19.4 Å². The number of carbonyl (C=O) groups is 1.